The Balaban J connectivity index is 1.44. The first kappa shape index (κ1) is 17.5. The van der Waals surface area contributed by atoms with Crippen LogP contribution in [-0.2, 0) is 24.2 Å². The van der Waals surface area contributed by atoms with Crippen LogP contribution in [0.4, 0.5) is 0 Å². The molecule has 0 unspecified atom stereocenters. The van der Waals surface area contributed by atoms with Gasteiger partial charge in [-0.2, -0.15) is 0 Å². The van der Waals surface area contributed by atoms with Gasteiger partial charge in [0, 0.05) is 16.8 Å². The van der Waals surface area contributed by atoms with E-state index in [1.165, 1.54) is 46.0 Å². The van der Waals surface area contributed by atoms with E-state index in [2.05, 4.69) is 28.3 Å². The molecule has 1 aliphatic rings. The lowest BCUT2D eigenvalue weighted by atomic mass is 9.97. The molecule has 0 fully saturated rings. The summed E-state index contributed by atoms with van der Waals surface area (Å²) in [5.74, 6) is 0.414. The lowest BCUT2D eigenvalue weighted by Gasteiger charge is -2.11. The molecular formula is C20H21N3OS2. The van der Waals surface area contributed by atoms with E-state index >= 15 is 0 Å². The maximum atomic E-state index is 12.3. The minimum absolute atomic E-state index is 0.0362. The topological polar surface area (TPSA) is 54.9 Å². The van der Waals surface area contributed by atoms with Crippen molar-refractivity contribution in [2.24, 2.45) is 0 Å². The summed E-state index contributed by atoms with van der Waals surface area (Å²) in [5.41, 5.74) is 3.77. The van der Waals surface area contributed by atoms with Gasteiger partial charge in [-0.15, -0.1) is 11.3 Å². The molecule has 6 heteroatoms. The van der Waals surface area contributed by atoms with Crippen molar-refractivity contribution < 1.29 is 4.79 Å². The second-order valence-electron chi connectivity index (χ2n) is 6.56. The molecule has 4 nitrogen and oxygen atoms in total. The Morgan fingerprint density at radius 2 is 2.08 bits per heavy atom. The number of nitrogens with one attached hydrogen (secondary N) is 1. The van der Waals surface area contributed by atoms with Gasteiger partial charge < -0.3 is 5.32 Å². The van der Waals surface area contributed by atoms with Crippen LogP contribution in [0.25, 0.3) is 10.2 Å². The number of hydrogen-bond donors (Lipinski definition) is 1. The molecule has 0 aliphatic heterocycles. The zero-order valence-electron chi connectivity index (χ0n) is 14.7. The number of carbonyl (C=O) groups excluding carboxylic acids is 1. The predicted octanol–water partition coefficient (Wildman–Crippen LogP) is 4.29. The van der Waals surface area contributed by atoms with Gasteiger partial charge in [-0.25, -0.2) is 9.97 Å². The van der Waals surface area contributed by atoms with Crippen molar-refractivity contribution in [1.29, 1.82) is 0 Å². The molecule has 1 N–H and O–H groups in total. The third-order valence-electron chi connectivity index (χ3n) is 4.79. The number of thiophene rings is 1. The minimum Gasteiger partial charge on any atom is -0.351 e. The lowest BCUT2D eigenvalue weighted by molar-refractivity contribution is -0.118. The molecule has 0 saturated heterocycles. The van der Waals surface area contributed by atoms with E-state index in [1.54, 1.807) is 17.7 Å². The Morgan fingerprint density at radius 3 is 2.96 bits per heavy atom. The van der Waals surface area contributed by atoms with Crippen molar-refractivity contribution in [3.8, 4) is 0 Å². The summed E-state index contributed by atoms with van der Waals surface area (Å²) in [6.45, 7) is 2.63. The number of thioether (sulfide) groups is 1. The summed E-state index contributed by atoms with van der Waals surface area (Å²) in [5, 5.41) is 5.14. The molecule has 2 aromatic heterocycles. The molecule has 0 spiro atoms. The number of benzene rings is 1. The smallest absolute Gasteiger partial charge is 0.230 e. The molecule has 1 amide bonds. The van der Waals surface area contributed by atoms with Crippen molar-refractivity contribution in [2.75, 3.05) is 5.75 Å². The molecule has 0 atom stereocenters. The maximum Gasteiger partial charge on any atom is 0.230 e. The average Bonchev–Trinajstić information content (AvgIpc) is 3.05. The van der Waals surface area contributed by atoms with Gasteiger partial charge >= 0.3 is 0 Å². The van der Waals surface area contributed by atoms with Crippen molar-refractivity contribution in [1.82, 2.24) is 15.3 Å². The Kier molecular flexibility index (Phi) is 5.22. The van der Waals surface area contributed by atoms with E-state index in [1.807, 2.05) is 18.2 Å². The summed E-state index contributed by atoms with van der Waals surface area (Å²) in [7, 11) is 0. The molecule has 0 bridgehead atoms. The molecule has 2 heterocycles. The third-order valence-corrected chi connectivity index (χ3v) is 6.98. The van der Waals surface area contributed by atoms with Crippen molar-refractivity contribution in [3.63, 3.8) is 0 Å². The van der Waals surface area contributed by atoms with E-state index in [0.29, 0.717) is 12.3 Å². The number of aromatic nitrogens is 2. The number of nitrogens with zero attached hydrogens (tertiary/aromatic N) is 2. The Labute approximate surface area is 161 Å². The van der Waals surface area contributed by atoms with Gasteiger partial charge in [0.25, 0.3) is 0 Å². The molecule has 0 radical (unpaired) electrons. The second-order valence-corrected chi connectivity index (χ2v) is 8.61. The molecule has 1 aromatic carbocycles. The number of aryl methyl sites for hydroxylation is 3. The second kappa shape index (κ2) is 7.76. The van der Waals surface area contributed by atoms with Gasteiger partial charge in [0.15, 0.2) is 0 Å². The van der Waals surface area contributed by atoms with E-state index < -0.39 is 0 Å². The summed E-state index contributed by atoms with van der Waals surface area (Å²) in [6, 6.07) is 8.13. The SMILES string of the molecule is Cc1ccccc1CNC(=O)CSc1ncnc2sc3c(c12)CCCC3. The van der Waals surface area contributed by atoms with E-state index in [9.17, 15) is 4.79 Å². The first-order valence-corrected chi connectivity index (χ1v) is 10.7. The molecule has 4 rings (SSSR count). The monoisotopic (exact) mass is 383 g/mol. The fourth-order valence-electron chi connectivity index (χ4n) is 3.36. The highest BCUT2D eigenvalue weighted by Crippen LogP contribution is 2.39. The van der Waals surface area contributed by atoms with Crippen molar-refractivity contribution in [2.45, 2.75) is 44.2 Å². The highest BCUT2D eigenvalue weighted by Gasteiger charge is 2.20. The van der Waals surface area contributed by atoms with Gasteiger partial charge in [0.1, 0.15) is 16.2 Å². The normalized spacial score (nSPS) is 13.6. The van der Waals surface area contributed by atoms with Gasteiger partial charge in [-0.3, -0.25) is 4.79 Å². The minimum atomic E-state index is 0.0362. The van der Waals surface area contributed by atoms with Crippen LogP contribution in [0.3, 0.4) is 0 Å². The highest BCUT2D eigenvalue weighted by atomic mass is 32.2. The Hall–Kier alpha value is -1.92. The maximum absolute atomic E-state index is 12.3. The van der Waals surface area contributed by atoms with Crippen LogP contribution >= 0.6 is 23.1 Å². The van der Waals surface area contributed by atoms with Crippen LogP contribution < -0.4 is 5.32 Å². The van der Waals surface area contributed by atoms with Crippen LogP contribution in [-0.4, -0.2) is 21.6 Å². The molecule has 1 aliphatic carbocycles. The van der Waals surface area contributed by atoms with Crippen molar-refractivity contribution >= 4 is 39.2 Å². The third kappa shape index (κ3) is 3.62. The lowest BCUT2D eigenvalue weighted by Crippen LogP contribution is -2.25. The fraction of sp³-hybridized carbons (Fsp3) is 0.350. The first-order chi connectivity index (χ1) is 12.7. The number of hydrogen-bond acceptors (Lipinski definition) is 5. The molecule has 134 valence electrons. The van der Waals surface area contributed by atoms with Crippen LogP contribution in [0.15, 0.2) is 35.6 Å². The molecular weight excluding hydrogens is 362 g/mol. The van der Waals surface area contributed by atoms with E-state index in [-0.39, 0.29) is 5.91 Å². The summed E-state index contributed by atoms with van der Waals surface area (Å²) in [4.78, 5) is 23.7. The fourth-order valence-corrected chi connectivity index (χ4v) is 5.51. The number of carbonyl (C=O) groups is 1. The van der Waals surface area contributed by atoms with Crippen LogP contribution in [0, 0.1) is 6.92 Å². The van der Waals surface area contributed by atoms with Crippen LogP contribution in [0.2, 0.25) is 0 Å². The van der Waals surface area contributed by atoms with Crippen LogP contribution in [0.5, 0.6) is 0 Å². The average molecular weight is 384 g/mol. The standard InChI is InChI=1S/C20H21N3OS2/c1-13-6-2-3-7-14(13)10-21-17(24)11-25-19-18-15-8-4-5-9-16(15)26-20(18)23-12-22-19/h2-3,6-7,12H,4-5,8-11H2,1H3,(H,21,24). The molecule has 26 heavy (non-hydrogen) atoms. The highest BCUT2D eigenvalue weighted by molar-refractivity contribution is 8.00. The summed E-state index contributed by atoms with van der Waals surface area (Å²) < 4.78 is 0. The van der Waals surface area contributed by atoms with Crippen LogP contribution in [0.1, 0.15) is 34.4 Å². The zero-order valence-corrected chi connectivity index (χ0v) is 16.4. The van der Waals surface area contributed by atoms with E-state index in [4.69, 9.17) is 0 Å². The van der Waals surface area contributed by atoms with E-state index in [0.717, 1.165) is 28.3 Å². The van der Waals surface area contributed by atoms with Crippen molar-refractivity contribution in [3.05, 3.63) is 52.2 Å². The van der Waals surface area contributed by atoms with Gasteiger partial charge in [0.05, 0.1) is 5.75 Å². The quantitative estimate of drug-likeness (QED) is 0.528. The number of amides is 1. The summed E-state index contributed by atoms with van der Waals surface area (Å²) >= 11 is 3.31. The summed E-state index contributed by atoms with van der Waals surface area (Å²) in [6.07, 6.45) is 6.37. The number of fused-ring (bicyclic) bond motifs is 3. The largest absolute Gasteiger partial charge is 0.351 e. The molecule has 3 aromatic rings. The van der Waals surface area contributed by atoms with Gasteiger partial charge in [-0.05, 0) is 49.3 Å². The first-order valence-electron chi connectivity index (χ1n) is 8.91. The predicted molar refractivity (Wildman–Crippen MR) is 108 cm³/mol. The van der Waals surface area contributed by atoms with Gasteiger partial charge in [0.2, 0.25) is 5.91 Å². The Bertz CT molecular complexity index is 951. The number of rotatable bonds is 5. The van der Waals surface area contributed by atoms with Gasteiger partial charge in [-0.1, -0.05) is 36.0 Å². The Morgan fingerprint density at radius 1 is 1.23 bits per heavy atom. The zero-order chi connectivity index (χ0) is 17.9. The molecule has 0 saturated carbocycles.